The van der Waals surface area contributed by atoms with E-state index in [2.05, 4.69) is 0 Å². The lowest BCUT2D eigenvalue weighted by atomic mass is 9.84. The minimum Gasteiger partial charge on any atom is -0.444 e. The molecule has 0 unspecified atom stereocenters. The van der Waals surface area contributed by atoms with E-state index in [0.717, 1.165) is 11.1 Å². The maximum absolute atomic E-state index is 13.4. The zero-order valence-corrected chi connectivity index (χ0v) is 11.5. The highest BCUT2D eigenvalue weighted by atomic mass is 19.1. The molecule has 1 aromatic carbocycles. The van der Waals surface area contributed by atoms with E-state index in [1.165, 1.54) is 6.07 Å². The lowest BCUT2D eigenvalue weighted by molar-refractivity contribution is 0.0224. The molecule has 0 spiro atoms. The minimum absolute atomic E-state index is 0.196. The second-order valence-electron chi connectivity index (χ2n) is 5.75. The van der Waals surface area contributed by atoms with E-state index in [-0.39, 0.29) is 11.6 Å². The van der Waals surface area contributed by atoms with Crippen LogP contribution >= 0.6 is 0 Å². The lowest BCUT2D eigenvalue weighted by Crippen LogP contribution is -2.41. The second-order valence-corrected chi connectivity index (χ2v) is 5.75. The van der Waals surface area contributed by atoms with Crippen LogP contribution in [-0.4, -0.2) is 31.0 Å². The molecule has 0 aliphatic carbocycles. The predicted molar refractivity (Wildman–Crippen MR) is 72.1 cm³/mol. The number of amides is 1. The number of ether oxygens (including phenoxy) is 1. The summed E-state index contributed by atoms with van der Waals surface area (Å²) < 4.78 is 18.7. The van der Waals surface area contributed by atoms with E-state index in [4.69, 9.17) is 12.6 Å². The molecule has 0 saturated heterocycles. The molecule has 2 rings (SSSR count). The van der Waals surface area contributed by atoms with Gasteiger partial charge in [-0.05, 0) is 44.4 Å². The summed E-state index contributed by atoms with van der Waals surface area (Å²) in [6.07, 6.45) is 0.207. The highest BCUT2D eigenvalue weighted by molar-refractivity contribution is 6.33. The summed E-state index contributed by atoms with van der Waals surface area (Å²) in [7, 11) is 5.72. The molecule has 1 aromatic rings. The number of halogens is 1. The molecule has 1 heterocycles. The van der Waals surface area contributed by atoms with Crippen LogP contribution in [0.1, 0.15) is 31.9 Å². The molecular weight excluding hydrogens is 244 g/mol. The molecule has 0 N–H and O–H groups in total. The predicted octanol–water partition coefficient (Wildman–Crippen LogP) is 1.91. The summed E-state index contributed by atoms with van der Waals surface area (Å²) >= 11 is 0. The largest absolute Gasteiger partial charge is 0.444 e. The minimum atomic E-state index is -0.515. The number of carbonyl (C=O) groups is 1. The van der Waals surface area contributed by atoms with Crippen LogP contribution < -0.4 is 5.46 Å². The molecule has 0 fully saturated rings. The summed E-state index contributed by atoms with van der Waals surface area (Å²) in [6, 6.07) is 3.02. The smallest absolute Gasteiger partial charge is 0.410 e. The van der Waals surface area contributed by atoms with Gasteiger partial charge in [-0.3, -0.25) is 0 Å². The topological polar surface area (TPSA) is 29.5 Å². The molecule has 2 radical (unpaired) electrons. The Morgan fingerprint density at radius 1 is 1.42 bits per heavy atom. The average molecular weight is 261 g/mol. The van der Waals surface area contributed by atoms with Gasteiger partial charge in [-0.15, -0.1) is 0 Å². The average Bonchev–Trinajstić information content (AvgIpc) is 2.31. The van der Waals surface area contributed by atoms with E-state index in [9.17, 15) is 9.18 Å². The summed E-state index contributed by atoms with van der Waals surface area (Å²) in [5.74, 6) is -0.399. The van der Waals surface area contributed by atoms with Gasteiger partial charge in [0, 0.05) is 13.1 Å². The molecule has 0 bridgehead atoms. The van der Waals surface area contributed by atoms with Gasteiger partial charge in [-0.2, -0.15) is 0 Å². The van der Waals surface area contributed by atoms with Crippen molar-refractivity contribution >= 4 is 19.4 Å². The molecule has 0 aromatic heterocycles. The molecule has 1 aliphatic heterocycles. The van der Waals surface area contributed by atoms with Gasteiger partial charge in [0.1, 0.15) is 19.3 Å². The fourth-order valence-corrected chi connectivity index (χ4v) is 2.14. The van der Waals surface area contributed by atoms with Gasteiger partial charge >= 0.3 is 6.09 Å². The van der Waals surface area contributed by atoms with Gasteiger partial charge in [0.05, 0.1) is 0 Å². The zero-order chi connectivity index (χ0) is 14.2. The van der Waals surface area contributed by atoms with Crippen molar-refractivity contribution in [3.05, 3.63) is 29.1 Å². The van der Waals surface area contributed by atoms with E-state index in [0.29, 0.717) is 19.5 Å². The number of carbonyl (C=O) groups excluding carboxylic acids is 1. The Bertz CT molecular complexity index is 511. The molecule has 100 valence electrons. The Labute approximate surface area is 114 Å². The van der Waals surface area contributed by atoms with Crippen molar-refractivity contribution in [3.63, 3.8) is 0 Å². The zero-order valence-electron chi connectivity index (χ0n) is 11.5. The normalized spacial score (nSPS) is 15.1. The number of rotatable bonds is 0. The van der Waals surface area contributed by atoms with Crippen LogP contribution in [0.4, 0.5) is 9.18 Å². The highest BCUT2D eigenvalue weighted by Gasteiger charge is 2.26. The van der Waals surface area contributed by atoms with E-state index in [1.54, 1.807) is 11.0 Å². The van der Waals surface area contributed by atoms with Crippen LogP contribution in [0.15, 0.2) is 12.1 Å². The van der Waals surface area contributed by atoms with Crippen molar-refractivity contribution in [1.29, 1.82) is 0 Å². The Hall–Kier alpha value is -1.52. The molecule has 3 nitrogen and oxygen atoms in total. The molecule has 19 heavy (non-hydrogen) atoms. The van der Waals surface area contributed by atoms with Crippen LogP contribution in [0.3, 0.4) is 0 Å². The van der Waals surface area contributed by atoms with Crippen LogP contribution in [-0.2, 0) is 17.7 Å². The van der Waals surface area contributed by atoms with E-state index in [1.807, 2.05) is 20.8 Å². The third kappa shape index (κ3) is 3.08. The Morgan fingerprint density at radius 3 is 2.74 bits per heavy atom. The standard InChI is InChI=1S/C14H17BFNO2/c1-14(2,3)19-13(18)17-7-6-10-9(8-17)4-5-11(16)12(10)15/h4-5H,6-8H2,1-3H3. The number of hydrogen-bond donors (Lipinski definition) is 0. The summed E-state index contributed by atoms with van der Waals surface area (Å²) in [5.41, 5.74) is 1.37. The van der Waals surface area contributed by atoms with E-state index >= 15 is 0 Å². The van der Waals surface area contributed by atoms with Gasteiger partial charge in [0.25, 0.3) is 0 Å². The Balaban J connectivity index is 2.15. The van der Waals surface area contributed by atoms with Crippen LogP contribution in [0.5, 0.6) is 0 Å². The fourth-order valence-electron chi connectivity index (χ4n) is 2.14. The molecule has 5 heteroatoms. The lowest BCUT2D eigenvalue weighted by Gasteiger charge is -2.32. The van der Waals surface area contributed by atoms with Crippen LogP contribution in [0.25, 0.3) is 0 Å². The Morgan fingerprint density at radius 2 is 2.11 bits per heavy atom. The van der Waals surface area contributed by atoms with Gasteiger partial charge in [0.2, 0.25) is 0 Å². The highest BCUT2D eigenvalue weighted by Crippen LogP contribution is 2.20. The number of hydrogen-bond acceptors (Lipinski definition) is 2. The van der Waals surface area contributed by atoms with Gasteiger partial charge in [0.15, 0.2) is 0 Å². The van der Waals surface area contributed by atoms with Gasteiger partial charge in [-0.1, -0.05) is 11.5 Å². The molecule has 0 atom stereocenters. The maximum atomic E-state index is 13.4. The first-order valence-corrected chi connectivity index (χ1v) is 6.31. The first kappa shape index (κ1) is 13.9. The summed E-state index contributed by atoms with van der Waals surface area (Å²) in [5, 5.41) is 0. The third-order valence-corrected chi connectivity index (χ3v) is 3.05. The molecular formula is C14H17BFNO2. The SMILES string of the molecule is [B]c1c(F)ccc2c1CCN(C(=O)OC(C)(C)C)C2. The van der Waals surface area contributed by atoms with E-state index < -0.39 is 11.4 Å². The van der Waals surface area contributed by atoms with Crippen molar-refractivity contribution in [2.45, 2.75) is 39.3 Å². The summed E-state index contributed by atoms with van der Waals surface area (Å²) in [4.78, 5) is 13.6. The number of fused-ring (bicyclic) bond motifs is 1. The van der Waals surface area contributed by atoms with Gasteiger partial charge in [-0.25, -0.2) is 9.18 Å². The van der Waals surface area contributed by atoms with Crippen molar-refractivity contribution in [1.82, 2.24) is 4.90 Å². The first-order chi connectivity index (χ1) is 8.78. The summed E-state index contributed by atoms with van der Waals surface area (Å²) in [6.45, 7) is 6.40. The van der Waals surface area contributed by atoms with Crippen molar-refractivity contribution in [3.8, 4) is 0 Å². The monoisotopic (exact) mass is 261 g/mol. The Kier molecular flexibility index (Phi) is 3.57. The van der Waals surface area contributed by atoms with Gasteiger partial charge < -0.3 is 9.64 Å². The van der Waals surface area contributed by atoms with Crippen molar-refractivity contribution < 1.29 is 13.9 Å². The molecule has 0 saturated carbocycles. The third-order valence-electron chi connectivity index (χ3n) is 3.05. The van der Waals surface area contributed by atoms with Crippen molar-refractivity contribution in [2.24, 2.45) is 0 Å². The first-order valence-electron chi connectivity index (χ1n) is 6.31. The molecule has 1 aliphatic rings. The van der Waals surface area contributed by atoms with Crippen LogP contribution in [0.2, 0.25) is 0 Å². The van der Waals surface area contributed by atoms with Crippen LogP contribution in [0, 0.1) is 5.82 Å². The number of nitrogens with zero attached hydrogens (tertiary/aromatic N) is 1. The maximum Gasteiger partial charge on any atom is 0.410 e. The quantitative estimate of drug-likeness (QED) is 0.668. The number of benzene rings is 1. The van der Waals surface area contributed by atoms with Crippen molar-refractivity contribution in [2.75, 3.05) is 6.54 Å². The molecule has 1 amide bonds. The fraction of sp³-hybridized carbons (Fsp3) is 0.500. The second kappa shape index (κ2) is 4.87.